The number of halogens is 1. The fraction of sp³-hybridized carbons (Fsp3) is 0.133. The zero-order valence-electron chi connectivity index (χ0n) is 10.5. The van der Waals surface area contributed by atoms with Gasteiger partial charge in [0.25, 0.3) is 0 Å². The van der Waals surface area contributed by atoms with Crippen LogP contribution in [0.3, 0.4) is 0 Å². The third-order valence-electron chi connectivity index (χ3n) is 2.68. The summed E-state index contributed by atoms with van der Waals surface area (Å²) < 4.78 is 0. The summed E-state index contributed by atoms with van der Waals surface area (Å²) in [5, 5.41) is 3.48. The molecule has 0 heterocycles. The number of carbonyl (C=O) groups excluding carboxylic acids is 1. The van der Waals surface area contributed by atoms with Crippen molar-refractivity contribution in [1.82, 2.24) is 0 Å². The lowest BCUT2D eigenvalue weighted by Crippen LogP contribution is -2.14. The van der Waals surface area contributed by atoms with E-state index in [1.165, 1.54) is 4.90 Å². The predicted molar refractivity (Wildman–Crippen MR) is 82.0 cm³/mol. The molecule has 0 atom stereocenters. The Morgan fingerprint density at radius 2 is 1.84 bits per heavy atom. The molecule has 0 aromatic heterocycles. The largest absolute Gasteiger partial charge is 0.326 e. The third kappa shape index (κ3) is 4.01. The van der Waals surface area contributed by atoms with Crippen molar-refractivity contribution in [3.8, 4) is 0 Å². The van der Waals surface area contributed by atoms with Crippen LogP contribution in [0.5, 0.6) is 0 Å². The average Bonchev–Trinajstić information content (AvgIpc) is 2.42. The minimum absolute atomic E-state index is 0.0648. The molecule has 0 saturated heterocycles. The van der Waals surface area contributed by atoms with Crippen molar-refractivity contribution in [2.75, 3.05) is 11.6 Å². The molecule has 0 unspecified atom stereocenters. The van der Waals surface area contributed by atoms with E-state index < -0.39 is 0 Å². The number of anilines is 1. The molecule has 0 aliphatic rings. The Bertz CT molecular complexity index is 569. The van der Waals surface area contributed by atoms with Crippen LogP contribution in [0.2, 0.25) is 5.02 Å². The van der Waals surface area contributed by atoms with Crippen molar-refractivity contribution in [2.45, 2.75) is 11.3 Å². The van der Waals surface area contributed by atoms with Crippen LogP contribution in [0.25, 0.3) is 0 Å². The molecule has 1 N–H and O–H groups in total. The van der Waals surface area contributed by atoms with Gasteiger partial charge < -0.3 is 5.32 Å². The van der Waals surface area contributed by atoms with E-state index in [0.29, 0.717) is 5.02 Å². The summed E-state index contributed by atoms with van der Waals surface area (Å²) >= 11 is 7.70. The molecule has 0 saturated carbocycles. The second-order valence-electron chi connectivity index (χ2n) is 4.04. The lowest BCUT2D eigenvalue weighted by Gasteiger charge is -2.07. The van der Waals surface area contributed by atoms with Gasteiger partial charge in [0.15, 0.2) is 0 Å². The van der Waals surface area contributed by atoms with E-state index in [2.05, 4.69) is 5.32 Å². The molecule has 4 heteroatoms. The predicted octanol–water partition coefficient (Wildman–Crippen LogP) is 4.24. The molecule has 0 bridgehead atoms. The van der Waals surface area contributed by atoms with Gasteiger partial charge in [-0.2, -0.15) is 0 Å². The maximum atomic E-state index is 11.9. The number of rotatable bonds is 4. The molecule has 1 amide bonds. The molecule has 0 fully saturated rings. The van der Waals surface area contributed by atoms with Crippen LogP contribution >= 0.6 is 23.4 Å². The Balaban J connectivity index is 1.99. The average molecular weight is 292 g/mol. The summed E-state index contributed by atoms with van der Waals surface area (Å²) in [6.45, 7) is 0. The summed E-state index contributed by atoms with van der Waals surface area (Å²) in [6, 6.07) is 15.1. The number of thioether (sulfide) groups is 1. The maximum absolute atomic E-state index is 11.9. The summed E-state index contributed by atoms with van der Waals surface area (Å²) in [5.74, 6) is -0.0648. The molecule has 2 aromatic carbocycles. The van der Waals surface area contributed by atoms with Gasteiger partial charge in [-0.05, 0) is 42.2 Å². The Morgan fingerprint density at radius 3 is 2.47 bits per heavy atom. The lowest BCUT2D eigenvalue weighted by atomic mass is 10.1. The van der Waals surface area contributed by atoms with Gasteiger partial charge in [-0.1, -0.05) is 29.8 Å². The van der Waals surface area contributed by atoms with Crippen LogP contribution in [0.4, 0.5) is 5.69 Å². The van der Waals surface area contributed by atoms with Gasteiger partial charge >= 0.3 is 0 Å². The molecular weight excluding hydrogens is 278 g/mol. The molecule has 19 heavy (non-hydrogen) atoms. The van der Waals surface area contributed by atoms with E-state index in [4.69, 9.17) is 11.6 Å². The number of hydrogen-bond acceptors (Lipinski definition) is 2. The maximum Gasteiger partial charge on any atom is 0.228 e. The van der Waals surface area contributed by atoms with E-state index in [0.717, 1.165) is 11.3 Å². The highest BCUT2D eigenvalue weighted by Crippen LogP contribution is 2.19. The summed E-state index contributed by atoms with van der Waals surface area (Å²) in [4.78, 5) is 13.1. The molecule has 2 nitrogen and oxygen atoms in total. The topological polar surface area (TPSA) is 29.1 Å². The number of benzene rings is 2. The molecule has 0 spiro atoms. The zero-order valence-corrected chi connectivity index (χ0v) is 12.1. The Hall–Kier alpha value is -1.45. The molecule has 98 valence electrons. The Morgan fingerprint density at radius 1 is 1.16 bits per heavy atom. The van der Waals surface area contributed by atoms with Crippen LogP contribution in [-0.2, 0) is 11.2 Å². The van der Waals surface area contributed by atoms with Crippen molar-refractivity contribution in [2.24, 2.45) is 0 Å². The SMILES string of the molecule is CSc1ccc(NC(=O)Cc2ccccc2Cl)cc1. The van der Waals surface area contributed by atoms with E-state index in [1.807, 2.05) is 48.7 Å². The quantitative estimate of drug-likeness (QED) is 0.854. The highest BCUT2D eigenvalue weighted by Gasteiger charge is 2.06. The Labute approximate surface area is 122 Å². The number of hydrogen-bond donors (Lipinski definition) is 1. The lowest BCUT2D eigenvalue weighted by molar-refractivity contribution is -0.115. The first kappa shape index (κ1) is 14.0. The normalized spacial score (nSPS) is 10.2. The van der Waals surface area contributed by atoms with E-state index in [1.54, 1.807) is 17.8 Å². The smallest absolute Gasteiger partial charge is 0.228 e. The van der Waals surface area contributed by atoms with Gasteiger partial charge in [0, 0.05) is 15.6 Å². The van der Waals surface area contributed by atoms with Crippen LogP contribution in [0.15, 0.2) is 53.4 Å². The summed E-state index contributed by atoms with van der Waals surface area (Å²) in [7, 11) is 0. The van der Waals surface area contributed by atoms with Crippen molar-refractivity contribution in [1.29, 1.82) is 0 Å². The van der Waals surface area contributed by atoms with Gasteiger partial charge in [-0.25, -0.2) is 0 Å². The van der Waals surface area contributed by atoms with Gasteiger partial charge in [0.2, 0.25) is 5.91 Å². The fourth-order valence-electron chi connectivity index (χ4n) is 1.69. The first-order chi connectivity index (χ1) is 9.19. The zero-order chi connectivity index (χ0) is 13.7. The van der Waals surface area contributed by atoms with E-state index in [-0.39, 0.29) is 12.3 Å². The van der Waals surface area contributed by atoms with E-state index >= 15 is 0 Å². The van der Waals surface area contributed by atoms with Crippen molar-refractivity contribution in [3.63, 3.8) is 0 Å². The second kappa shape index (κ2) is 6.64. The molecule has 2 rings (SSSR count). The van der Waals surface area contributed by atoms with Crippen molar-refractivity contribution in [3.05, 3.63) is 59.1 Å². The van der Waals surface area contributed by atoms with Crippen LogP contribution < -0.4 is 5.32 Å². The van der Waals surface area contributed by atoms with Gasteiger partial charge in [0.1, 0.15) is 0 Å². The summed E-state index contributed by atoms with van der Waals surface area (Å²) in [6.07, 6.45) is 2.30. The highest BCUT2D eigenvalue weighted by molar-refractivity contribution is 7.98. The fourth-order valence-corrected chi connectivity index (χ4v) is 2.31. The van der Waals surface area contributed by atoms with Gasteiger partial charge in [0.05, 0.1) is 6.42 Å². The first-order valence-electron chi connectivity index (χ1n) is 5.86. The van der Waals surface area contributed by atoms with Crippen LogP contribution in [0.1, 0.15) is 5.56 Å². The standard InChI is InChI=1S/C15H14ClNOS/c1-19-13-8-6-12(7-9-13)17-15(18)10-11-4-2-3-5-14(11)16/h2-9H,10H2,1H3,(H,17,18). The number of carbonyl (C=O) groups is 1. The molecular formula is C15H14ClNOS. The Kier molecular flexibility index (Phi) is 4.88. The molecule has 0 aliphatic heterocycles. The second-order valence-corrected chi connectivity index (χ2v) is 5.33. The molecule has 0 aliphatic carbocycles. The first-order valence-corrected chi connectivity index (χ1v) is 7.46. The van der Waals surface area contributed by atoms with Crippen molar-refractivity contribution < 1.29 is 4.79 Å². The van der Waals surface area contributed by atoms with Crippen LogP contribution in [-0.4, -0.2) is 12.2 Å². The van der Waals surface area contributed by atoms with Gasteiger partial charge in [-0.3, -0.25) is 4.79 Å². The van der Waals surface area contributed by atoms with Gasteiger partial charge in [-0.15, -0.1) is 11.8 Å². The van der Waals surface area contributed by atoms with Crippen LogP contribution in [0, 0.1) is 0 Å². The number of amides is 1. The number of nitrogens with one attached hydrogen (secondary N) is 1. The van der Waals surface area contributed by atoms with Crippen molar-refractivity contribution >= 4 is 35.0 Å². The third-order valence-corrected chi connectivity index (χ3v) is 3.79. The monoisotopic (exact) mass is 291 g/mol. The highest BCUT2D eigenvalue weighted by atomic mass is 35.5. The minimum atomic E-state index is -0.0648. The molecule has 0 radical (unpaired) electrons. The van der Waals surface area contributed by atoms with E-state index in [9.17, 15) is 4.79 Å². The molecule has 2 aromatic rings. The summed E-state index contributed by atoms with van der Waals surface area (Å²) in [5.41, 5.74) is 1.64. The minimum Gasteiger partial charge on any atom is -0.326 e.